The third-order valence-electron chi connectivity index (χ3n) is 1.36. The molecule has 7 heteroatoms. The van der Waals surface area contributed by atoms with Gasteiger partial charge in [-0.15, -0.1) is 0 Å². The number of benzene rings is 1. The third-order valence-corrected chi connectivity index (χ3v) is 2.93. The molecule has 1 aromatic carbocycles. The Kier molecular flexibility index (Phi) is 2.60. The maximum Gasteiger partial charge on any atom is 0.240 e. The lowest BCUT2D eigenvalue weighted by atomic mass is 10.3. The highest BCUT2D eigenvalue weighted by molar-refractivity contribution is 9.10. The van der Waals surface area contributed by atoms with Crippen LogP contribution < -0.4 is 10.9 Å². The Hall–Kier alpha value is -0.660. The molecule has 0 aliphatic rings. The molecule has 0 aromatic heterocycles. The highest BCUT2D eigenvalue weighted by Gasteiger charge is 2.14. The van der Waals surface area contributed by atoms with Crippen molar-refractivity contribution in [3.8, 4) is 0 Å². The van der Waals surface area contributed by atoms with Crippen molar-refractivity contribution in [1.82, 2.24) is 0 Å². The Bertz CT molecular complexity index is 446. The van der Waals surface area contributed by atoms with Crippen LogP contribution in [0.25, 0.3) is 0 Å². The van der Waals surface area contributed by atoms with Crippen LogP contribution in [0.5, 0.6) is 0 Å². The molecule has 4 nitrogen and oxygen atoms in total. The fourth-order valence-electron chi connectivity index (χ4n) is 0.790. The molecule has 0 saturated heterocycles. The number of hydrogen-bond donors (Lipinski definition) is 2. The van der Waals surface area contributed by atoms with E-state index in [2.05, 4.69) is 15.9 Å². The van der Waals surface area contributed by atoms with Gasteiger partial charge < -0.3 is 5.73 Å². The molecule has 0 unspecified atom stereocenters. The zero-order valence-corrected chi connectivity index (χ0v) is 8.69. The van der Waals surface area contributed by atoms with Crippen LogP contribution in [0.2, 0.25) is 0 Å². The highest BCUT2D eigenvalue weighted by Crippen LogP contribution is 2.24. The lowest BCUT2D eigenvalue weighted by Crippen LogP contribution is -2.14. The van der Waals surface area contributed by atoms with Gasteiger partial charge in [0, 0.05) is 0 Å². The average Bonchev–Trinajstić information content (AvgIpc) is 1.94. The Morgan fingerprint density at radius 2 is 1.92 bits per heavy atom. The van der Waals surface area contributed by atoms with E-state index in [-0.39, 0.29) is 15.1 Å². The van der Waals surface area contributed by atoms with Gasteiger partial charge in [0.2, 0.25) is 10.0 Å². The van der Waals surface area contributed by atoms with Gasteiger partial charge in [0.15, 0.2) is 0 Å². The molecule has 4 N–H and O–H groups in total. The van der Waals surface area contributed by atoms with E-state index in [1.807, 2.05) is 0 Å². The van der Waals surface area contributed by atoms with Crippen molar-refractivity contribution in [2.75, 3.05) is 5.73 Å². The zero-order chi connectivity index (χ0) is 10.2. The molecule has 0 bridgehead atoms. The van der Waals surface area contributed by atoms with Crippen LogP contribution in [-0.4, -0.2) is 8.42 Å². The summed E-state index contributed by atoms with van der Waals surface area (Å²) < 4.78 is 34.5. The predicted octanol–water partition coefficient (Wildman–Crippen LogP) is 0.818. The van der Waals surface area contributed by atoms with Crippen LogP contribution in [0.1, 0.15) is 0 Å². The minimum Gasteiger partial charge on any atom is -0.398 e. The number of hydrogen-bond acceptors (Lipinski definition) is 3. The maximum absolute atomic E-state index is 12.8. The maximum atomic E-state index is 12.8. The summed E-state index contributed by atoms with van der Waals surface area (Å²) in [5, 5.41) is 4.83. The number of primary sulfonamides is 1. The number of nitrogen functional groups attached to an aromatic ring is 1. The van der Waals surface area contributed by atoms with Gasteiger partial charge in [-0.25, -0.2) is 17.9 Å². The topological polar surface area (TPSA) is 86.2 Å². The number of sulfonamides is 1. The third kappa shape index (κ3) is 2.17. The molecule has 1 rings (SSSR count). The Labute approximate surface area is 82.9 Å². The van der Waals surface area contributed by atoms with E-state index in [9.17, 15) is 12.8 Å². The van der Waals surface area contributed by atoms with Gasteiger partial charge in [0.1, 0.15) is 10.7 Å². The first-order chi connectivity index (χ1) is 5.82. The monoisotopic (exact) mass is 268 g/mol. The first-order valence-corrected chi connectivity index (χ1v) is 5.43. The fraction of sp³-hybridized carbons (Fsp3) is 0. The summed E-state index contributed by atoms with van der Waals surface area (Å²) in [4.78, 5) is -0.291. The second-order valence-corrected chi connectivity index (χ2v) is 4.73. The van der Waals surface area contributed by atoms with E-state index in [0.717, 1.165) is 12.1 Å². The first kappa shape index (κ1) is 10.4. The minimum absolute atomic E-state index is 0.00530. The molecule has 0 spiro atoms. The van der Waals surface area contributed by atoms with Crippen molar-refractivity contribution < 1.29 is 12.8 Å². The summed E-state index contributed by atoms with van der Waals surface area (Å²) in [6.07, 6.45) is 0. The lowest BCUT2D eigenvalue weighted by molar-refractivity contribution is 0.596. The van der Waals surface area contributed by atoms with E-state index in [1.165, 1.54) is 0 Å². The van der Waals surface area contributed by atoms with Crippen molar-refractivity contribution in [2.24, 2.45) is 5.14 Å². The summed E-state index contributed by atoms with van der Waals surface area (Å²) in [6.45, 7) is 0. The molecule has 0 heterocycles. The van der Waals surface area contributed by atoms with Crippen molar-refractivity contribution in [3.63, 3.8) is 0 Å². The molecule has 0 amide bonds. The first-order valence-electron chi connectivity index (χ1n) is 3.09. The molecule has 0 radical (unpaired) electrons. The number of nitrogens with two attached hydrogens (primary N) is 2. The summed E-state index contributed by atoms with van der Waals surface area (Å²) in [6, 6.07) is 1.92. The smallest absolute Gasteiger partial charge is 0.240 e. The normalized spacial score (nSPS) is 11.6. The molecule has 0 atom stereocenters. The summed E-state index contributed by atoms with van der Waals surface area (Å²) in [5.41, 5.74) is 5.05. The highest BCUT2D eigenvalue weighted by atomic mass is 79.9. The summed E-state index contributed by atoms with van der Waals surface area (Å²) in [5.74, 6) is -0.634. The van der Waals surface area contributed by atoms with Crippen LogP contribution in [0.3, 0.4) is 0 Å². The van der Waals surface area contributed by atoms with Crippen molar-refractivity contribution in [2.45, 2.75) is 4.90 Å². The second kappa shape index (κ2) is 3.24. The van der Waals surface area contributed by atoms with Crippen LogP contribution >= 0.6 is 15.9 Å². The number of rotatable bonds is 1. The Morgan fingerprint density at radius 1 is 1.38 bits per heavy atom. The minimum atomic E-state index is -3.89. The van der Waals surface area contributed by atoms with Crippen LogP contribution in [0.4, 0.5) is 10.1 Å². The van der Waals surface area contributed by atoms with Crippen molar-refractivity contribution >= 4 is 31.6 Å². The molecular weight excluding hydrogens is 263 g/mol. The van der Waals surface area contributed by atoms with E-state index >= 15 is 0 Å². The fourth-order valence-corrected chi connectivity index (χ4v) is 1.95. The van der Waals surface area contributed by atoms with Gasteiger partial charge in [-0.2, -0.15) is 0 Å². The van der Waals surface area contributed by atoms with E-state index in [1.54, 1.807) is 0 Å². The zero-order valence-electron chi connectivity index (χ0n) is 6.29. The van der Waals surface area contributed by atoms with Gasteiger partial charge in [-0.1, -0.05) is 0 Å². The number of halogens is 2. The summed E-state index contributed by atoms with van der Waals surface area (Å²) in [7, 11) is -3.89. The van der Waals surface area contributed by atoms with Crippen molar-refractivity contribution in [3.05, 3.63) is 22.4 Å². The second-order valence-electron chi connectivity index (χ2n) is 2.35. The van der Waals surface area contributed by atoms with Crippen molar-refractivity contribution in [1.29, 1.82) is 0 Å². The Morgan fingerprint density at radius 3 is 2.38 bits per heavy atom. The molecule has 13 heavy (non-hydrogen) atoms. The Balaban J connectivity index is 3.50. The molecule has 0 fully saturated rings. The van der Waals surface area contributed by atoms with E-state index in [0.29, 0.717) is 0 Å². The van der Waals surface area contributed by atoms with Gasteiger partial charge in [0.25, 0.3) is 0 Å². The molecule has 1 aromatic rings. The molecule has 0 saturated carbocycles. The molecule has 0 aliphatic heterocycles. The molecule has 0 aliphatic carbocycles. The van der Waals surface area contributed by atoms with Gasteiger partial charge in [-0.05, 0) is 28.1 Å². The largest absolute Gasteiger partial charge is 0.398 e. The van der Waals surface area contributed by atoms with Gasteiger partial charge in [-0.3, -0.25) is 0 Å². The average molecular weight is 269 g/mol. The molecular formula is C6H6BrFN2O2S. The van der Waals surface area contributed by atoms with Crippen LogP contribution in [-0.2, 0) is 10.0 Å². The van der Waals surface area contributed by atoms with E-state index in [4.69, 9.17) is 10.9 Å². The van der Waals surface area contributed by atoms with Gasteiger partial charge >= 0.3 is 0 Å². The SMILES string of the molecule is Nc1cc(F)c(Br)cc1S(N)(=O)=O. The van der Waals surface area contributed by atoms with Crippen LogP contribution in [0.15, 0.2) is 21.5 Å². The van der Waals surface area contributed by atoms with Crippen LogP contribution in [0, 0.1) is 5.82 Å². The lowest BCUT2D eigenvalue weighted by Gasteiger charge is -2.03. The number of anilines is 1. The standard InChI is InChI=1S/C6H6BrFN2O2S/c7-3-1-6(13(10,11)12)5(9)2-4(3)8/h1-2H,9H2,(H2,10,11,12). The van der Waals surface area contributed by atoms with Gasteiger partial charge in [0.05, 0.1) is 10.2 Å². The molecule has 72 valence electrons. The summed E-state index contributed by atoms with van der Waals surface area (Å²) >= 11 is 2.82. The quantitative estimate of drug-likeness (QED) is 0.740. The predicted molar refractivity (Wildman–Crippen MR) is 49.9 cm³/mol. The van der Waals surface area contributed by atoms with E-state index < -0.39 is 15.8 Å².